The number of hydrogen-bond donors (Lipinski definition) is 1. The molecule has 0 saturated carbocycles. The molecule has 3 aliphatic heterocycles. The SMILES string of the molecule is O=C(O)CN1C[C@@H]2C[C@H](C1)[C@@H]1CCC[C@H](Cc3ccccc3)N1C2. The molecule has 0 radical (unpaired) electrons. The van der Waals surface area contributed by atoms with Crippen molar-refractivity contribution in [3.05, 3.63) is 35.9 Å². The number of benzene rings is 1. The van der Waals surface area contributed by atoms with Crippen LogP contribution in [0.2, 0.25) is 0 Å². The molecular weight excluding hydrogens is 300 g/mol. The normalized spacial score (nSPS) is 33.8. The number of likely N-dealkylation sites (tertiary alicyclic amines) is 1. The Hall–Kier alpha value is -1.39. The lowest BCUT2D eigenvalue weighted by molar-refractivity contribution is -0.140. The summed E-state index contributed by atoms with van der Waals surface area (Å²) < 4.78 is 0. The number of nitrogens with zero attached hydrogens (tertiary/aromatic N) is 2. The zero-order chi connectivity index (χ0) is 16.5. The quantitative estimate of drug-likeness (QED) is 0.922. The number of carboxylic acids is 1. The van der Waals surface area contributed by atoms with E-state index < -0.39 is 5.97 Å². The van der Waals surface area contributed by atoms with E-state index in [4.69, 9.17) is 5.11 Å². The first-order valence-electron chi connectivity index (χ1n) is 9.43. The van der Waals surface area contributed by atoms with Crippen molar-refractivity contribution in [2.24, 2.45) is 11.8 Å². The van der Waals surface area contributed by atoms with Crippen LogP contribution in [-0.4, -0.2) is 59.1 Å². The zero-order valence-corrected chi connectivity index (χ0v) is 14.3. The van der Waals surface area contributed by atoms with Crippen molar-refractivity contribution < 1.29 is 9.90 Å². The van der Waals surface area contributed by atoms with Gasteiger partial charge in [-0.1, -0.05) is 36.8 Å². The monoisotopic (exact) mass is 328 g/mol. The fourth-order valence-corrected chi connectivity index (χ4v) is 5.44. The molecule has 130 valence electrons. The number of carboxylic acid groups (broad SMARTS) is 1. The van der Waals surface area contributed by atoms with E-state index >= 15 is 0 Å². The summed E-state index contributed by atoms with van der Waals surface area (Å²) in [4.78, 5) is 16.1. The lowest BCUT2D eigenvalue weighted by Gasteiger charge is -2.55. The Morgan fingerprint density at radius 1 is 1.12 bits per heavy atom. The average Bonchev–Trinajstić information content (AvgIpc) is 2.56. The summed E-state index contributed by atoms with van der Waals surface area (Å²) in [5.41, 5.74) is 1.45. The predicted molar refractivity (Wildman–Crippen MR) is 94.0 cm³/mol. The molecule has 4 nitrogen and oxygen atoms in total. The molecule has 3 heterocycles. The first-order chi connectivity index (χ1) is 11.7. The standard InChI is InChI=1S/C20H28N2O2/c23-20(24)14-21-11-16-9-17(13-21)19-8-4-7-18(22(19)12-16)10-15-5-2-1-3-6-15/h1-3,5-6,16-19H,4,7-14H2,(H,23,24)/t16-,17+,18+,19-/m0/s1. The molecule has 1 aromatic rings. The number of carbonyl (C=O) groups is 1. The topological polar surface area (TPSA) is 43.8 Å². The summed E-state index contributed by atoms with van der Waals surface area (Å²) >= 11 is 0. The van der Waals surface area contributed by atoms with Gasteiger partial charge in [0, 0.05) is 31.7 Å². The highest BCUT2D eigenvalue weighted by Gasteiger charge is 2.44. The van der Waals surface area contributed by atoms with Gasteiger partial charge in [-0.2, -0.15) is 0 Å². The van der Waals surface area contributed by atoms with Crippen molar-refractivity contribution in [3.8, 4) is 0 Å². The summed E-state index contributed by atoms with van der Waals surface area (Å²) in [6.45, 7) is 3.31. The van der Waals surface area contributed by atoms with Gasteiger partial charge in [0.1, 0.15) is 0 Å². The summed E-state index contributed by atoms with van der Waals surface area (Å²) in [7, 11) is 0. The van der Waals surface area contributed by atoms with Crippen molar-refractivity contribution >= 4 is 5.97 Å². The van der Waals surface area contributed by atoms with Gasteiger partial charge >= 0.3 is 5.97 Å². The molecule has 3 aliphatic rings. The van der Waals surface area contributed by atoms with E-state index in [0.717, 1.165) is 26.1 Å². The summed E-state index contributed by atoms with van der Waals surface area (Å²) in [5.74, 6) is 0.628. The second kappa shape index (κ2) is 6.85. The second-order valence-electron chi connectivity index (χ2n) is 7.99. The highest BCUT2D eigenvalue weighted by molar-refractivity contribution is 5.69. The van der Waals surface area contributed by atoms with E-state index in [1.54, 1.807) is 0 Å². The molecule has 0 aliphatic carbocycles. The van der Waals surface area contributed by atoms with Crippen LogP contribution < -0.4 is 0 Å². The Morgan fingerprint density at radius 3 is 2.75 bits per heavy atom. The highest BCUT2D eigenvalue weighted by Crippen LogP contribution is 2.40. The van der Waals surface area contributed by atoms with E-state index in [1.165, 1.54) is 31.2 Å². The van der Waals surface area contributed by atoms with Gasteiger partial charge in [0.05, 0.1) is 6.54 Å². The van der Waals surface area contributed by atoms with Crippen LogP contribution >= 0.6 is 0 Å². The summed E-state index contributed by atoms with van der Waals surface area (Å²) in [5, 5.41) is 9.12. The lowest BCUT2D eigenvalue weighted by atomic mass is 9.74. The van der Waals surface area contributed by atoms with E-state index in [0.29, 0.717) is 23.9 Å². The fourth-order valence-electron chi connectivity index (χ4n) is 5.44. The first-order valence-corrected chi connectivity index (χ1v) is 9.43. The smallest absolute Gasteiger partial charge is 0.317 e. The third-order valence-electron chi connectivity index (χ3n) is 6.26. The minimum Gasteiger partial charge on any atom is -0.480 e. The Kier molecular flexibility index (Phi) is 4.59. The minimum atomic E-state index is -0.683. The molecule has 0 amide bonds. The average molecular weight is 328 g/mol. The zero-order valence-electron chi connectivity index (χ0n) is 14.3. The molecule has 0 unspecified atom stereocenters. The molecule has 3 saturated heterocycles. The van der Waals surface area contributed by atoms with Crippen molar-refractivity contribution in [1.29, 1.82) is 0 Å². The molecule has 0 spiro atoms. The van der Waals surface area contributed by atoms with Crippen LogP contribution in [0.4, 0.5) is 0 Å². The van der Waals surface area contributed by atoms with Gasteiger partial charge in [-0.15, -0.1) is 0 Å². The molecule has 4 rings (SSSR count). The molecule has 2 bridgehead atoms. The largest absolute Gasteiger partial charge is 0.480 e. The predicted octanol–water partition coefficient (Wildman–Crippen LogP) is 2.49. The van der Waals surface area contributed by atoms with Crippen LogP contribution in [-0.2, 0) is 11.2 Å². The summed E-state index contributed by atoms with van der Waals surface area (Å²) in [6, 6.07) is 12.2. The Balaban J connectivity index is 1.46. The maximum atomic E-state index is 11.1. The van der Waals surface area contributed by atoms with Crippen molar-refractivity contribution in [1.82, 2.24) is 9.80 Å². The first kappa shape index (κ1) is 16.1. The number of hydrogen-bond acceptors (Lipinski definition) is 3. The number of piperidine rings is 3. The van der Waals surface area contributed by atoms with Gasteiger partial charge in [-0.05, 0) is 43.1 Å². The molecular formula is C20H28N2O2. The van der Waals surface area contributed by atoms with Crippen LogP contribution in [0, 0.1) is 11.8 Å². The highest BCUT2D eigenvalue weighted by atomic mass is 16.4. The van der Waals surface area contributed by atoms with Gasteiger partial charge in [0.25, 0.3) is 0 Å². The second-order valence-corrected chi connectivity index (χ2v) is 7.99. The molecule has 4 atom stereocenters. The molecule has 1 aromatic carbocycles. The minimum absolute atomic E-state index is 0.215. The van der Waals surface area contributed by atoms with E-state index in [1.807, 2.05) is 0 Å². The maximum Gasteiger partial charge on any atom is 0.317 e. The van der Waals surface area contributed by atoms with Crippen molar-refractivity contribution in [2.45, 2.75) is 44.2 Å². The van der Waals surface area contributed by atoms with Crippen LogP contribution in [0.1, 0.15) is 31.2 Å². The molecule has 4 heteroatoms. The molecule has 3 fully saturated rings. The molecule has 1 N–H and O–H groups in total. The number of aliphatic carboxylic acids is 1. The third kappa shape index (κ3) is 3.35. The third-order valence-corrected chi connectivity index (χ3v) is 6.26. The van der Waals surface area contributed by atoms with Crippen molar-refractivity contribution in [2.75, 3.05) is 26.2 Å². The van der Waals surface area contributed by atoms with Gasteiger partial charge in [-0.3, -0.25) is 14.6 Å². The van der Waals surface area contributed by atoms with Gasteiger partial charge in [0.15, 0.2) is 0 Å². The molecule has 24 heavy (non-hydrogen) atoms. The van der Waals surface area contributed by atoms with E-state index in [9.17, 15) is 4.79 Å². The van der Waals surface area contributed by atoms with Crippen LogP contribution in [0.15, 0.2) is 30.3 Å². The van der Waals surface area contributed by atoms with Gasteiger partial charge in [-0.25, -0.2) is 0 Å². The molecule has 0 aromatic heterocycles. The van der Waals surface area contributed by atoms with Crippen LogP contribution in [0.3, 0.4) is 0 Å². The van der Waals surface area contributed by atoms with E-state index in [-0.39, 0.29) is 6.54 Å². The lowest BCUT2D eigenvalue weighted by Crippen LogP contribution is -2.62. The number of rotatable bonds is 4. The van der Waals surface area contributed by atoms with Crippen molar-refractivity contribution in [3.63, 3.8) is 0 Å². The number of fused-ring (bicyclic) bond motifs is 4. The fraction of sp³-hybridized carbons (Fsp3) is 0.650. The Labute approximate surface area is 144 Å². The Bertz CT molecular complexity index is 576. The summed E-state index contributed by atoms with van der Waals surface area (Å²) in [6.07, 6.45) is 6.39. The van der Waals surface area contributed by atoms with E-state index in [2.05, 4.69) is 40.1 Å². The maximum absolute atomic E-state index is 11.1. The Morgan fingerprint density at radius 2 is 1.96 bits per heavy atom. The van der Waals surface area contributed by atoms with Gasteiger partial charge < -0.3 is 5.11 Å². The van der Waals surface area contributed by atoms with Crippen LogP contribution in [0.25, 0.3) is 0 Å². The van der Waals surface area contributed by atoms with Gasteiger partial charge in [0.2, 0.25) is 0 Å². The van der Waals surface area contributed by atoms with Crippen LogP contribution in [0.5, 0.6) is 0 Å².